The summed E-state index contributed by atoms with van der Waals surface area (Å²) >= 11 is 0. The molecule has 0 radical (unpaired) electrons. The maximum absolute atomic E-state index is 13.7. The molecule has 2 aromatic heterocycles. The topological polar surface area (TPSA) is 72.9 Å². The number of amides is 1. The summed E-state index contributed by atoms with van der Waals surface area (Å²) in [5, 5.41) is 0.473. The maximum Gasteiger partial charge on any atom is 0.291 e. The van der Waals surface area contributed by atoms with E-state index in [9.17, 15) is 9.59 Å². The first-order valence-electron chi connectivity index (χ1n) is 11.6. The van der Waals surface area contributed by atoms with Crippen LogP contribution in [0.1, 0.15) is 59.3 Å². The predicted octanol–water partition coefficient (Wildman–Crippen LogP) is 5.86. The fourth-order valence-electron chi connectivity index (χ4n) is 4.40. The summed E-state index contributed by atoms with van der Waals surface area (Å²) in [6.45, 7) is 7.05. The number of aryl methyl sites for hydroxylation is 1. The van der Waals surface area contributed by atoms with Gasteiger partial charge in [0.05, 0.1) is 36.4 Å². The van der Waals surface area contributed by atoms with Crippen LogP contribution in [0.3, 0.4) is 0 Å². The Balaban J connectivity index is 1.63. The van der Waals surface area contributed by atoms with Gasteiger partial charge in [-0.25, -0.2) is 0 Å². The van der Waals surface area contributed by atoms with E-state index in [1.165, 1.54) is 0 Å². The van der Waals surface area contributed by atoms with Crippen molar-refractivity contribution >= 4 is 16.9 Å². The van der Waals surface area contributed by atoms with Crippen LogP contribution >= 0.6 is 0 Å². The second kappa shape index (κ2) is 8.86. The van der Waals surface area contributed by atoms with Gasteiger partial charge in [-0.1, -0.05) is 37.6 Å². The molecule has 174 valence electrons. The third-order valence-electron chi connectivity index (χ3n) is 6.17. The lowest BCUT2D eigenvalue weighted by atomic mass is 9.98. The summed E-state index contributed by atoms with van der Waals surface area (Å²) in [5.41, 5.74) is 2.32. The molecule has 5 rings (SSSR count). The molecule has 0 spiro atoms. The second-order valence-electron chi connectivity index (χ2n) is 9.19. The number of rotatable bonds is 7. The van der Waals surface area contributed by atoms with Crippen molar-refractivity contribution in [3.8, 4) is 5.75 Å². The monoisotopic (exact) mass is 457 g/mol. The van der Waals surface area contributed by atoms with Crippen LogP contribution in [0, 0.1) is 12.8 Å². The number of benzene rings is 2. The molecule has 6 nitrogen and oxygen atoms in total. The number of carbonyl (C=O) groups is 1. The number of ether oxygens (including phenoxy) is 1. The van der Waals surface area contributed by atoms with Gasteiger partial charge in [0.25, 0.3) is 5.91 Å². The molecule has 6 heteroatoms. The van der Waals surface area contributed by atoms with Gasteiger partial charge in [-0.15, -0.1) is 0 Å². The van der Waals surface area contributed by atoms with Gasteiger partial charge in [0, 0.05) is 0 Å². The van der Waals surface area contributed by atoms with Gasteiger partial charge < -0.3 is 18.5 Å². The van der Waals surface area contributed by atoms with Crippen LogP contribution in [0.15, 0.2) is 74.5 Å². The number of hydrogen-bond donors (Lipinski definition) is 0. The molecular formula is C28H27NO5. The summed E-state index contributed by atoms with van der Waals surface area (Å²) in [7, 11) is 0. The molecule has 1 atom stereocenters. The molecule has 1 aliphatic rings. The fourth-order valence-corrected chi connectivity index (χ4v) is 4.40. The largest absolute Gasteiger partial charge is 0.494 e. The number of hydrogen-bond acceptors (Lipinski definition) is 5. The Morgan fingerprint density at radius 2 is 1.91 bits per heavy atom. The highest BCUT2D eigenvalue weighted by Crippen LogP contribution is 2.40. The highest BCUT2D eigenvalue weighted by atomic mass is 16.5. The van der Waals surface area contributed by atoms with E-state index in [-0.39, 0.29) is 23.6 Å². The summed E-state index contributed by atoms with van der Waals surface area (Å²) < 4.78 is 17.5. The molecule has 0 N–H and O–H groups in total. The lowest BCUT2D eigenvalue weighted by Crippen LogP contribution is -2.29. The molecular weight excluding hydrogens is 430 g/mol. The summed E-state index contributed by atoms with van der Waals surface area (Å²) in [6, 6.07) is 16.0. The van der Waals surface area contributed by atoms with E-state index >= 15 is 0 Å². The van der Waals surface area contributed by atoms with E-state index in [1.807, 2.05) is 49.4 Å². The van der Waals surface area contributed by atoms with Crippen molar-refractivity contribution < 1.29 is 18.4 Å². The van der Waals surface area contributed by atoms with Gasteiger partial charge in [-0.2, -0.15) is 0 Å². The molecule has 3 heterocycles. The van der Waals surface area contributed by atoms with E-state index in [4.69, 9.17) is 13.6 Å². The zero-order valence-corrected chi connectivity index (χ0v) is 19.5. The van der Waals surface area contributed by atoms with Gasteiger partial charge in [-0.3, -0.25) is 9.59 Å². The Morgan fingerprint density at radius 1 is 1.06 bits per heavy atom. The van der Waals surface area contributed by atoms with Crippen molar-refractivity contribution in [2.45, 2.75) is 39.8 Å². The van der Waals surface area contributed by atoms with E-state index < -0.39 is 6.04 Å². The molecule has 0 saturated heterocycles. The Bertz CT molecular complexity index is 1400. The molecule has 1 amide bonds. The number of furan rings is 1. The molecule has 0 aliphatic carbocycles. The first-order chi connectivity index (χ1) is 16.4. The molecule has 0 bridgehead atoms. The molecule has 1 aliphatic heterocycles. The summed E-state index contributed by atoms with van der Waals surface area (Å²) in [4.78, 5) is 28.8. The highest BCUT2D eigenvalue weighted by Gasteiger charge is 2.43. The van der Waals surface area contributed by atoms with Crippen molar-refractivity contribution in [3.63, 3.8) is 0 Å². The van der Waals surface area contributed by atoms with Gasteiger partial charge in [-0.05, 0) is 61.2 Å². The smallest absolute Gasteiger partial charge is 0.291 e. The SMILES string of the molecule is Cc1ccc2oc3c(c(=O)c2c1)C(c1cccc(OCCC(C)C)c1)N(Cc1ccco1)C3=O. The van der Waals surface area contributed by atoms with Crippen molar-refractivity contribution in [2.75, 3.05) is 6.61 Å². The zero-order valence-electron chi connectivity index (χ0n) is 19.5. The minimum absolute atomic E-state index is 0.0871. The van der Waals surface area contributed by atoms with Crippen molar-refractivity contribution in [1.82, 2.24) is 4.90 Å². The molecule has 0 saturated carbocycles. The van der Waals surface area contributed by atoms with Crippen LogP contribution < -0.4 is 10.2 Å². The normalized spacial score (nSPS) is 15.4. The fraction of sp³-hybridized carbons (Fsp3) is 0.286. The van der Waals surface area contributed by atoms with Gasteiger partial charge in [0.2, 0.25) is 5.76 Å². The third kappa shape index (κ3) is 4.00. The lowest BCUT2D eigenvalue weighted by molar-refractivity contribution is 0.0701. The minimum Gasteiger partial charge on any atom is -0.494 e. The third-order valence-corrected chi connectivity index (χ3v) is 6.17. The van der Waals surface area contributed by atoms with Crippen molar-refractivity contribution in [1.29, 1.82) is 0 Å². The van der Waals surface area contributed by atoms with Crippen LogP contribution in [0.2, 0.25) is 0 Å². The van der Waals surface area contributed by atoms with Crippen LogP contribution in [-0.2, 0) is 6.54 Å². The van der Waals surface area contributed by atoms with E-state index in [2.05, 4.69) is 13.8 Å². The molecule has 0 fully saturated rings. The minimum atomic E-state index is -0.609. The van der Waals surface area contributed by atoms with E-state index in [1.54, 1.807) is 23.3 Å². The Labute approximate surface area is 197 Å². The molecule has 1 unspecified atom stereocenters. The Hall–Kier alpha value is -3.80. The van der Waals surface area contributed by atoms with Crippen LogP contribution in [0.5, 0.6) is 5.75 Å². The number of nitrogens with zero attached hydrogens (tertiary/aromatic N) is 1. The zero-order chi connectivity index (χ0) is 23.8. The quantitative estimate of drug-likeness (QED) is 0.347. The number of carbonyl (C=O) groups excluding carboxylic acids is 1. The van der Waals surface area contributed by atoms with Gasteiger partial charge >= 0.3 is 0 Å². The lowest BCUT2D eigenvalue weighted by Gasteiger charge is -2.24. The Morgan fingerprint density at radius 3 is 2.68 bits per heavy atom. The average Bonchev–Trinajstić information content (AvgIpc) is 3.42. The molecule has 2 aromatic carbocycles. The van der Waals surface area contributed by atoms with Gasteiger partial charge in [0.1, 0.15) is 17.1 Å². The molecule has 34 heavy (non-hydrogen) atoms. The molecule has 4 aromatic rings. The first kappa shape index (κ1) is 22.0. The Kier molecular flexibility index (Phi) is 5.74. The van der Waals surface area contributed by atoms with E-state index in [0.717, 1.165) is 17.5 Å². The van der Waals surface area contributed by atoms with Crippen LogP contribution in [0.25, 0.3) is 11.0 Å². The van der Waals surface area contributed by atoms with Crippen LogP contribution in [-0.4, -0.2) is 17.4 Å². The standard InChI is InChI=1S/C28H27NO5/c1-17(2)11-13-33-20-7-4-6-19(15-20)25-24-26(30)22-14-18(3)9-10-23(22)34-27(24)28(31)29(25)16-21-8-5-12-32-21/h4-10,12,14-15,17,25H,11,13,16H2,1-3H3. The van der Waals surface area contributed by atoms with Gasteiger partial charge in [0.15, 0.2) is 5.43 Å². The number of fused-ring (bicyclic) bond motifs is 2. The van der Waals surface area contributed by atoms with Crippen LogP contribution in [0.4, 0.5) is 0 Å². The highest BCUT2D eigenvalue weighted by molar-refractivity contribution is 5.99. The average molecular weight is 458 g/mol. The predicted molar refractivity (Wildman–Crippen MR) is 129 cm³/mol. The summed E-state index contributed by atoms with van der Waals surface area (Å²) in [5.74, 6) is 1.63. The van der Waals surface area contributed by atoms with E-state index in [0.29, 0.717) is 40.6 Å². The van der Waals surface area contributed by atoms with Crippen molar-refractivity contribution in [2.24, 2.45) is 5.92 Å². The second-order valence-corrected chi connectivity index (χ2v) is 9.19. The van der Waals surface area contributed by atoms with Crippen molar-refractivity contribution in [3.05, 3.63) is 99.3 Å². The first-order valence-corrected chi connectivity index (χ1v) is 11.6. The summed E-state index contributed by atoms with van der Waals surface area (Å²) in [6.07, 6.45) is 2.51. The maximum atomic E-state index is 13.7.